The van der Waals surface area contributed by atoms with Crippen LogP contribution >= 0.6 is 0 Å². The number of Topliss-reactive ketones (excluding diaryl/α,β-unsaturated/α-hetero) is 2. The summed E-state index contributed by atoms with van der Waals surface area (Å²) in [4.78, 5) is 48.8. The van der Waals surface area contributed by atoms with Gasteiger partial charge in [-0.05, 0) is 39.5 Å². The summed E-state index contributed by atoms with van der Waals surface area (Å²) in [6, 6.07) is 0. The molecule has 0 aromatic carbocycles. The number of hydrogen-bond donors (Lipinski definition) is 2. The number of esters is 2. The Balaban J connectivity index is 2.47. The molecule has 0 saturated carbocycles. The topological polar surface area (TPSA) is 111 Å². The highest BCUT2D eigenvalue weighted by Crippen LogP contribution is 2.21. The van der Waals surface area contributed by atoms with Crippen LogP contribution in [0.5, 0.6) is 0 Å². The first-order valence-corrected chi connectivity index (χ1v) is 11.6. The van der Waals surface area contributed by atoms with Crippen molar-refractivity contribution in [3.05, 3.63) is 22.5 Å². The maximum absolute atomic E-state index is 12.7. The fourth-order valence-corrected chi connectivity index (χ4v) is 3.07. The molecule has 1 aliphatic rings. The number of nitrogens with one attached hydrogen (secondary N) is 2. The van der Waals surface area contributed by atoms with E-state index in [0.717, 1.165) is 25.7 Å². The van der Waals surface area contributed by atoms with Crippen molar-refractivity contribution in [1.29, 1.82) is 0 Å². The lowest BCUT2D eigenvalue weighted by molar-refractivity contribution is -0.144. The first-order valence-electron chi connectivity index (χ1n) is 11.6. The van der Waals surface area contributed by atoms with Gasteiger partial charge in [0.2, 0.25) is 11.6 Å². The van der Waals surface area contributed by atoms with E-state index in [4.69, 9.17) is 9.47 Å². The lowest BCUT2D eigenvalue weighted by Gasteiger charge is -2.22. The Morgan fingerprint density at radius 2 is 1.06 bits per heavy atom. The van der Waals surface area contributed by atoms with E-state index in [1.54, 1.807) is 13.8 Å². The second kappa shape index (κ2) is 15.2. The predicted molar refractivity (Wildman–Crippen MR) is 122 cm³/mol. The molecule has 0 spiro atoms. The molecule has 0 unspecified atom stereocenters. The van der Waals surface area contributed by atoms with Crippen molar-refractivity contribution < 1.29 is 28.7 Å². The highest BCUT2D eigenvalue weighted by Gasteiger charge is 2.30. The van der Waals surface area contributed by atoms with Gasteiger partial charge in [-0.15, -0.1) is 0 Å². The number of unbranched alkanes of at least 4 members (excludes halogenated alkanes) is 2. The van der Waals surface area contributed by atoms with E-state index in [9.17, 15) is 19.2 Å². The highest BCUT2D eigenvalue weighted by molar-refractivity contribution is 6.24. The molecule has 0 amide bonds. The SMILES string of the molecule is CCCCOC(=O)CCCNC1=C(C)C(=O)C(NCCCC(=O)OCCCC)=C(C)C1=O. The Morgan fingerprint density at radius 1 is 0.688 bits per heavy atom. The lowest BCUT2D eigenvalue weighted by Crippen LogP contribution is -2.35. The summed E-state index contributed by atoms with van der Waals surface area (Å²) in [7, 11) is 0. The summed E-state index contributed by atoms with van der Waals surface area (Å²) in [5.74, 6) is -0.995. The number of allylic oxidation sites excluding steroid dienone is 2. The van der Waals surface area contributed by atoms with Crippen molar-refractivity contribution in [3.8, 4) is 0 Å². The van der Waals surface area contributed by atoms with E-state index < -0.39 is 0 Å². The number of carbonyl (C=O) groups is 4. The monoisotopic (exact) mass is 450 g/mol. The molecule has 0 atom stereocenters. The molecule has 8 nitrogen and oxygen atoms in total. The largest absolute Gasteiger partial charge is 0.466 e. The molecule has 8 heteroatoms. The summed E-state index contributed by atoms with van der Waals surface area (Å²) in [6.07, 6.45) is 5.15. The molecule has 180 valence electrons. The first-order chi connectivity index (χ1) is 15.3. The molecule has 0 aromatic rings. The number of ether oxygens (including phenoxy) is 2. The number of ketones is 2. The van der Waals surface area contributed by atoms with Gasteiger partial charge in [-0.25, -0.2) is 0 Å². The molecule has 1 rings (SSSR count). The molecule has 0 bridgehead atoms. The van der Waals surface area contributed by atoms with Gasteiger partial charge in [-0.3, -0.25) is 19.2 Å². The summed E-state index contributed by atoms with van der Waals surface area (Å²) in [5, 5.41) is 6.02. The van der Waals surface area contributed by atoms with Crippen LogP contribution in [0.4, 0.5) is 0 Å². The minimum absolute atomic E-state index is 0.242. The Kier molecular flexibility index (Phi) is 13.0. The van der Waals surface area contributed by atoms with Gasteiger partial charge in [0.25, 0.3) is 0 Å². The van der Waals surface area contributed by atoms with E-state index in [1.165, 1.54) is 0 Å². The van der Waals surface area contributed by atoms with Crippen LogP contribution in [0.15, 0.2) is 22.5 Å². The number of rotatable bonds is 16. The van der Waals surface area contributed by atoms with Crippen LogP contribution in [0.3, 0.4) is 0 Å². The van der Waals surface area contributed by atoms with Crippen LogP contribution in [-0.2, 0) is 28.7 Å². The van der Waals surface area contributed by atoms with E-state index in [1.807, 2.05) is 13.8 Å². The lowest BCUT2D eigenvalue weighted by atomic mass is 9.92. The fraction of sp³-hybridized carbons (Fsp3) is 0.667. The van der Waals surface area contributed by atoms with Crippen LogP contribution in [0.25, 0.3) is 0 Å². The van der Waals surface area contributed by atoms with Crippen LogP contribution in [0.1, 0.15) is 79.1 Å². The van der Waals surface area contributed by atoms with Crippen LogP contribution in [-0.4, -0.2) is 49.8 Å². The van der Waals surface area contributed by atoms with Gasteiger partial charge in [-0.1, -0.05) is 26.7 Å². The maximum atomic E-state index is 12.7. The third kappa shape index (κ3) is 9.24. The molecule has 0 saturated heterocycles. The molecule has 0 aromatic heterocycles. The minimum Gasteiger partial charge on any atom is -0.466 e. The van der Waals surface area contributed by atoms with E-state index in [-0.39, 0.29) is 47.7 Å². The zero-order valence-electron chi connectivity index (χ0n) is 19.9. The number of carbonyl (C=O) groups excluding carboxylic acids is 4. The molecule has 0 heterocycles. The molecule has 32 heavy (non-hydrogen) atoms. The average Bonchev–Trinajstić information content (AvgIpc) is 2.77. The van der Waals surface area contributed by atoms with Crippen LogP contribution < -0.4 is 10.6 Å². The minimum atomic E-state index is -0.256. The average molecular weight is 451 g/mol. The van der Waals surface area contributed by atoms with E-state index in [0.29, 0.717) is 50.3 Å². The van der Waals surface area contributed by atoms with Crippen LogP contribution in [0.2, 0.25) is 0 Å². The molecular formula is C24H38N2O6. The van der Waals surface area contributed by atoms with Gasteiger partial charge in [0.1, 0.15) is 0 Å². The summed E-state index contributed by atoms with van der Waals surface area (Å²) in [5.41, 5.74) is 1.23. The summed E-state index contributed by atoms with van der Waals surface area (Å²) in [6.45, 7) is 8.93. The van der Waals surface area contributed by atoms with Crippen molar-refractivity contribution in [2.75, 3.05) is 26.3 Å². The summed E-state index contributed by atoms with van der Waals surface area (Å²) >= 11 is 0. The van der Waals surface area contributed by atoms with Gasteiger partial charge in [-0.2, -0.15) is 0 Å². The standard InChI is InChI=1S/C24H38N2O6/c1-5-7-15-31-19(27)11-9-13-25-21-17(3)24(30)22(18(4)23(21)29)26-14-10-12-20(28)32-16-8-6-2/h25-26H,5-16H2,1-4H3. The molecule has 2 N–H and O–H groups in total. The Hall–Kier alpha value is -2.64. The molecule has 0 aliphatic heterocycles. The van der Waals surface area contributed by atoms with Gasteiger partial charge in [0.15, 0.2) is 0 Å². The van der Waals surface area contributed by atoms with Crippen molar-refractivity contribution in [1.82, 2.24) is 10.6 Å². The third-order valence-corrected chi connectivity index (χ3v) is 5.13. The van der Waals surface area contributed by atoms with E-state index >= 15 is 0 Å². The molecule has 0 fully saturated rings. The van der Waals surface area contributed by atoms with Gasteiger partial charge >= 0.3 is 11.9 Å². The summed E-state index contributed by atoms with van der Waals surface area (Å²) < 4.78 is 10.2. The third-order valence-electron chi connectivity index (χ3n) is 5.13. The van der Waals surface area contributed by atoms with Crippen molar-refractivity contribution in [2.45, 2.75) is 79.1 Å². The Morgan fingerprint density at radius 3 is 1.41 bits per heavy atom. The number of hydrogen-bond acceptors (Lipinski definition) is 8. The quantitative estimate of drug-likeness (QED) is 0.210. The smallest absolute Gasteiger partial charge is 0.305 e. The second-order valence-electron chi connectivity index (χ2n) is 7.87. The van der Waals surface area contributed by atoms with Gasteiger partial charge in [0.05, 0.1) is 24.6 Å². The van der Waals surface area contributed by atoms with E-state index in [2.05, 4.69) is 10.6 Å². The molecular weight excluding hydrogens is 412 g/mol. The fourth-order valence-electron chi connectivity index (χ4n) is 3.07. The Labute approximate surface area is 191 Å². The normalized spacial score (nSPS) is 14.0. The van der Waals surface area contributed by atoms with Crippen molar-refractivity contribution in [3.63, 3.8) is 0 Å². The zero-order valence-corrected chi connectivity index (χ0v) is 19.9. The predicted octanol–water partition coefficient (Wildman–Crippen LogP) is 3.11. The van der Waals surface area contributed by atoms with Crippen molar-refractivity contribution >= 4 is 23.5 Å². The first kappa shape index (κ1) is 27.4. The van der Waals surface area contributed by atoms with Crippen LogP contribution in [0, 0.1) is 0 Å². The second-order valence-corrected chi connectivity index (χ2v) is 7.87. The molecule has 0 radical (unpaired) electrons. The highest BCUT2D eigenvalue weighted by atomic mass is 16.5. The van der Waals surface area contributed by atoms with Crippen molar-refractivity contribution in [2.24, 2.45) is 0 Å². The zero-order chi connectivity index (χ0) is 23.9. The molecule has 1 aliphatic carbocycles. The van der Waals surface area contributed by atoms with Gasteiger partial charge in [0, 0.05) is 37.1 Å². The Bertz CT molecular complexity index is 677. The maximum Gasteiger partial charge on any atom is 0.305 e. The van der Waals surface area contributed by atoms with Gasteiger partial charge < -0.3 is 20.1 Å².